The molecule has 0 atom stereocenters. The molecule has 0 fully saturated rings. The number of rotatable bonds is 3. The predicted molar refractivity (Wildman–Crippen MR) is 73.0 cm³/mol. The van der Waals surface area contributed by atoms with E-state index < -0.39 is 9.84 Å². The molecule has 2 aromatic carbocycles. The molecule has 4 heteroatoms. The predicted octanol–water partition coefficient (Wildman–Crippen LogP) is 2.81. The standard InChI is InChI=1S/C14H16O3S/c1-4-12-13-7-6-11(18(3,15)16)9-10(13)5-8-14(12)17-2/h5-9H,4H2,1-3H3. The number of benzene rings is 2. The van der Waals surface area contributed by atoms with Crippen molar-refractivity contribution in [3.05, 3.63) is 35.9 Å². The topological polar surface area (TPSA) is 43.4 Å². The highest BCUT2D eigenvalue weighted by molar-refractivity contribution is 7.90. The SMILES string of the molecule is CCc1c(OC)ccc2cc(S(C)(=O)=O)ccc12. The first-order valence-electron chi connectivity index (χ1n) is 5.77. The Morgan fingerprint density at radius 3 is 2.44 bits per heavy atom. The second-order valence-corrected chi connectivity index (χ2v) is 6.27. The third-order valence-corrected chi connectivity index (χ3v) is 4.17. The van der Waals surface area contributed by atoms with Crippen LogP contribution in [-0.4, -0.2) is 21.8 Å². The number of ether oxygens (including phenoxy) is 1. The van der Waals surface area contributed by atoms with Gasteiger partial charge in [0.2, 0.25) is 0 Å². The molecule has 0 aliphatic rings. The van der Waals surface area contributed by atoms with Crippen molar-refractivity contribution in [2.75, 3.05) is 13.4 Å². The van der Waals surface area contributed by atoms with Crippen molar-refractivity contribution in [2.24, 2.45) is 0 Å². The van der Waals surface area contributed by atoms with Crippen molar-refractivity contribution < 1.29 is 13.2 Å². The van der Waals surface area contributed by atoms with E-state index in [-0.39, 0.29) is 0 Å². The molecule has 3 nitrogen and oxygen atoms in total. The average Bonchev–Trinajstić information content (AvgIpc) is 2.35. The maximum atomic E-state index is 11.5. The van der Waals surface area contributed by atoms with Crippen LogP contribution in [0.4, 0.5) is 0 Å². The normalized spacial score (nSPS) is 11.7. The van der Waals surface area contributed by atoms with Crippen molar-refractivity contribution in [1.82, 2.24) is 0 Å². The number of hydrogen-bond acceptors (Lipinski definition) is 3. The second kappa shape index (κ2) is 4.61. The van der Waals surface area contributed by atoms with Crippen molar-refractivity contribution >= 4 is 20.6 Å². The Morgan fingerprint density at radius 1 is 1.17 bits per heavy atom. The summed E-state index contributed by atoms with van der Waals surface area (Å²) in [6, 6.07) is 8.99. The third-order valence-electron chi connectivity index (χ3n) is 3.06. The highest BCUT2D eigenvalue weighted by atomic mass is 32.2. The van der Waals surface area contributed by atoms with Crippen LogP contribution in [0.25, 0.3) is 10.8 Å². The Hall–Kier alpha value is -1.55. The van der Waals surface area contributed by atoms with E-state index in [1.807, 2.05) is 18.2 Å². The molecular formula is C14H16O3S. The summed E-state index contributed by atoms with van der Waals surface area (Å²) in [5, 5.41) is 1.97. The number of sulfone groups is 1. The van der Waals surface area contributed by atoms with Crippen LogP contribution in [0.3, 0.4) is 0 Å². The van der Waals surface area contributed by atoms with E-state index in [9.17, 15) is 8.42 Å². The average molecular weight is 264 g/mol. The van der Waals surface area contributed by atoms with E-state index in [4.69, 9.17) is 4.74 Å². The minimum absolute atomic E-state index is 0.349. The van der Waals surface area contributed by atoms with E-state index in [0.717, 1.165) is 28.5 Å². The van der Waals surface area contributed by atoms with Gasteiger partial charge in [-0.2, -0.15) is 0 Å². The summed E-state index contributed by atoms with van der Waals surface area (Å²) in [6.07, 6.45) is 2.07. The summed E-state index contributed by atoms with van der Waals surface area (Å²) in [5.41, 5.74) is 1.11. The summed E-state index contributed by atoms with van der Waals surface area (Å²) in [7, 11) is -1.52. The number of hydrogen-bond donors (Lipinski definition) is 0. The van der Waals surface area contributed by atoms with Gasteiger partial charge in [-0.15, -0.1) is 0 Å². The minimum atomic E-state index is -3.16. The largest absolute Gasteiger partial charge is 0.496 e. The molecule has 18 heavy (non-hydrogen) atoms. The lowest BCUT2D eigenvalue weighted by molar-refractivity contribution is 0.411. The first kappa shape index (κ1) is 12.9. The van der Waals surface area contributed by atoms with Crippen LogP contribution in [0.5, 0.6) is 5.75 Å². The van der Waals surface area contributed by atoms with Crippen LogP contribution < -0.4 is 4.74 Å². The molecule has 0 radical (unpaired) electrons. The van der Waals surface area contributed by atoms with Gasteiger partial charge in [0.25, 0.3) is 0 Å². The quantitative estimate of drug-likeness (QED) is 0.856. The zero-order valence-electron chi connectivity index (χ0n) is 10.7. The van der Waals surface area contributed by atoms with Crippen LogP contribution in [0.1, 0.15) is 12.5 Å². The minimum Gasteiger partial charge on any atom is -0.496 e. The Morgan fingerprint density at radius 2 is 1.89 bits per heavy atom. The molecule has 0 saturated heterocycles. The lowest BCUT2D eigenvalue weighted by Gasteiger charge is -2.11. The molecule has 0 saturated carbocycles. The molecular weight excluding hydrogens is 248 g/mol. The number of fused-ring (bicyclic) bond motifs is 1. The van der Waals surface area contributed by atoms with Gasteiger partial charge in [-0.1, -0.05) is 19.1 Å². The Bertz CT molecular complexity index is 687. The van der Waals surface area contributed by atoms with Gasteiger partial charge < -0.3 is 4.74 Å². The van der Waals surface area contributed by atoms with E-state index in [2.05, 4.69) is 6.92 Å². The highest BCUT2D eigenvalue weighted by Crippen LogP contribution is 2.29. The van der Waals surface area contributed by atoms with Crippen LogP contribution in [0.2, 0.25) is 0 Å². The summed E-state index contributed by atoms with van der Waals surface area (Å²) in [6.45, 7) is 2.06. The van der Waals surface area contributed by atoms with Crippen LogP contribution in [0.15, 0.2) is 35.2 Å². The highest BCUT2D eigenvalue weighted by Gasteiger charge is 2.11. The second-order valence-electron chi connectivity index (χ2n) is 4.26. The summed E-state index contributed by atoms with van der Waals surface area (Å²) in [5.74, 6) is 0.845. The molecule has 0 bridgehead atoms. The molecule has 0 aliphatic carbocycles. The maximum absolute atomic E-state index is 11.5. The summed E-state index contributed by atoms with van der Waals surface area (Å²) >= 11 is 0. The molecule has 0 unspecified atom stereocenters. The number of methoxy groups -OCH3 is 1. The Labute approximate surface area is 107 Å². The van der Waals surface area contributed by atoms with Crippen molar-refractivity contribution in [1.29, 1.82) is 0 Å². The van der Waals surface area contributed by atoms with Gasteiger partial charge in [0, 0.05) is 11.8 Å². The summed E-state index contributed by atoms with van der Waals surface area (Å²) in [4.78, 5) is 0.349. The molecule has 0 N–H and O–H groups in total. The van der Waals surface area contributed by atoms with Crippen molar-refractivity contribution in [2.45, 2.75) is 18.2 Å². The zero-order valence-corrected chi connectivity index (χ0v) is 11.5. The van der Waals surface area contributed by atoms with Gasteiger partial charge >= 0.3 is 0 Å². The monoisotopic (exact) mass is 264 g/mol. The molecule has 0 heterocycles. The van der Waals surface area contributed by atoms with E-state index in [1.165, 1.54) is 6.26 Å². The van der Waals surface area contributed by atoms with Gasteiger partial charge in [-0.25, -0.2) is 8.42 Å². The molecule has 0 spiro atoms. The third kappa shape index (κ3) is 2.20. The number of aryl methyl sites for hydroxylation is 1. The molecule has 96 valence electrons. The first-order chi connectivity index (χ1) is 8.47. The Kier molecular flexibility index (Phi) is 3.30. The van der Waals surface area contributed by atoms with Crippen LogP contribution >= 0.6 is 0 Å². The molecule has 0 aromatic heterocycles. The zero-order chi connectivity index (χ0) is 13.3. The van der Waals surface area contributed by atoms with Gasteiger partial charge in [-0.05, 0) is 35.4 Å². The van der Waals surface area contributed by atoms with Gasteiger partial charge in [0.15, 0.2) is 9.84 Å². The van der Waals surface area contributed by atoms with Crippen LogP contribution in [0, 0.1) is 0 Å². The molecule has 0 aliphatic heterocycles. The Balaban J connectivity index is 2.75. The molecule has 0 amide bonds. The van der Waals surface area contributed by atoms with Crippen molar-refractivity contribution in [3.63, 3.8) is 0 Å². The van der Waals surface area contributed by atoms with Gasteiger partial charge in [0.05, 0.1) is 12.0 Å². The lowest BCUT2D eigenvalue weighted by atomic mass is 10.0. The molecule has 2 aromatic rings. The molecule has 2 rings (SSSR count). The fourth-order valence-electron chi connectivity index (χ4n) is 2.14. The van der Waals surface area contributed by atoms with Gasteiger partial charge in [0.1, 0.15) is 5.75 Å². The lowest BCUT2D eigenvalue weighted by Crippen LogP contribution is -1.98. The van der Waals surface area contributed by atoms with E-state index in [0.29, 0.717) is 4.90 Å². The first-order valence-corrected chi connectivity index (χ1v) is 7.66. The fourth-order valence-corrected chi connectivity index (χ4v) is 2.80. The fraction of sp³-hybridized carbons (Fsp3) is 0.286. The van der Waals surface area contributed by atoms with Gasteiger partial charge in [-0.3, -0.25) is 0 Å². The maximum Gasteiger partial charge on any atom is 0.175 e. The van der Waals surface area contributed by atoms with E-state index >= 15 is 0 Å². The van der Waals surface area contributed by atoms with Crippen molar-refractivity contribution in [3.8, 4) is 5.75 Å². The summed E-state index contributed by atoms with van der Waals surface area (Å²) < 4.78 is 28.4. The smallest absolute Gasteiger partial charge is 0.175 e. The van der Waals surface area contributed by atoms with E-state index in [1.54, 1.807) is 19.2 Å². The van der Waals surface area contributed by atoms with Crippen LogP contribution in [-0.2, 0) is 16.3 Å².